The van der Waals surface area contributed by atoms with Gasteiger partial charge in [-0.05, 0) is 52.7 Å². The van der Waals surface area contributed by atoms with E-state index >= 15 is 0 Å². The molecule has 0 fully saturated rings. The molecule has 1 aromatic heterocycles. The summed E-state index contributed by atoms with van der Waals surface area (Å²) >= 11 is 6.66. The first-order chi connectivity index (χ1) is 8.58. The lowest BCUT2D eigenvalue weighted by Crippen LogP contribution is -2.14. The number of amides is 1. The molecule has 0 saturated carbocycles. The van der Waals surface area contributed by atoms with Gasteiger partial charge in [-0.25, -0.2) is 4.98 Å². The number of carbonyl (C=O) groups is 1. The predicted molar refractivity (Wildman–Crippen MR) is 78.8 cm³/mol. The molecule has 0 bridgehead atoms. The van der Waals surface area contributed by atoms with Crippen LogP contribution in [0.5, 0.6) is 0 Å². The first-order valence-electron chi connectivity index (χ1n) is 5.26. The van der Waals surface area contributed by atoms with Crippen LogP contribution in [0.4, 0.5) is 5.69 Å². The first kappa shape index (κ1) is 13.2. The van der Waals surface area contributed by atoms with Gasteiger partial charge in [-0.2, -0.15) is 0 Å². The summed E-state index contributed by atoms with van der Waals surface area (Å²) in [6.45, 7) is 1.90. The Bertz CT molecular complexity index is 599. The number of hydrogen-bond acceptors (Lipinski definition) is 2. The maximum Gasteiger partial charge on any atom is 0.256 e. The van der Waals surface area contributed by atoms with E-state index in [0.29, 0.717) is 15.9 Å². The number of rotatable bonds is 2. The molecule has 1 N–H and O–H groups in total. The van der Waals surface area contributed by atoms with E-state index in [1.165, 1.54) is 0 Å². The molecular formula is C13H10Br2N2O. The highest BCUT2D eigenvalue weighted by atomic mass is 79.9. The Morgan fingerprint density at radius 3 is 2.78 bits per heavy atom. The third kappa shape index (κ3) is 2.97. The van der Waals surface area contributed by atoms with Crippen LogP contribution in [-0.2, 0) is 0 Å². The first-order valence-corrected chi connectivity index (χ1v) is 6.84. The molecule has 0 aliphatic rings. The van der Waals surface area contributed by atoms with Crippen LogP contribution in [0.1, 0.15) is 15.9 Å². The topological polar surface area (TPSA) is 42.0 Å². The van der Waals surface area contributed by atoms with E-state index in [1.807, 2.05) is 19.1 Å². The highest BCUT2D eigenvalue weighted by Gasteiger charge is 2.11. The van der Waals surface area contributed by atoms with Crippen LogP contribution >= 0.6 is 31.9 Å². The number of halogens is 2. The normalized spacial score (nSPS) is 10.2. The third-order valence-electron chi connectivity index (χ3n) is 2.45. The van der Waals surface area contributed by atoms with Gasteiger partial charge in [-0.15, -0.1) is 0 Å². The van der Waals surface area contributed by atoms with E-state index in [-0.39, 0.29) is 5.91 Å². The number of anilines is 1. The van der Waals surface area contributed by atoms with Gasteiger partial charge in [0, 0.05) is 16.2 Å². The average molecular weight is 370 g/mol. The van der Waals surface area contributed by atoms with Crippen LogP contribution in [-0.4, -0.2) is 10.9 Å². The smallest absolute Gasteiger partial charge is 0.256 e. The van der Waals surface area contributed by atoms with E-state index in [0.717, 1.165) is 10.0 Å². The number of nitrogens with one attached hydrogen (secondary N) is 1. The minimum atomic E-state index is -0.150. The second kappa shape index (κ2) is 5.63. The van der Waals surface area contributed by atoms with Crippen molar-refractivity contribution in [3.05, 3.63) is 56.7 Å². The van der Waals surface area contributed by atoms with Crippen molar-refractivity contribution in [3.63, 3.8) is 0 Å². The van der Waals surface area contributed by atoms with Crippen molar-refractivity contribution in [2.45, 2.75) is 6.92 Å². The molecule has 1 heterocycles. The van der Waals surface area contributed by atoms with Gasteiger partial charge in [0.15, 0.2) is 0 Å². The number of aromatic nitrogens is 1. The molecule has 18 heavy (non-hydrogen) atoms. The van der Waals surface area contributed by atoms with E-state index in [2.05, 4.69) is 42.2 Å². The number of benzene rings is 1. The SMILES string of the molecule is Cc1ccc(Br)cc1C(=O)Nc1cccnc1Br. The van der Waals surface area contributed by atoms with Crippen molar-refractivity contribution in [1.82, 2.24) is 4.98 Å². The van der Waals surface area contributed by atoms with Crippen molar-refractivity contribution in [1.29, 1.82) is 0 Å². The molecule has 0 spiro atoms. The van der Waals surface area contributed by atoms with E-state index in [1.54, 1.807) is 24.4 Å². The van der Waals surface area contributed by atoms with Gasteiger partial charge < -0.3 is 5.32 Å². The van der Waals surface area contributed by atoms with Gasteiger partial charge in [0.1, 0.15) is 4.60 Å². The van der Waals surface area contributed by atoms with E-state index in [9.17, 15) is 4.79 Å². The monoisotopic (exact) mass is 368 g/mol. The van der Waals surface area contributed by atoms with Crippen LogP contribution in [0.15, 0.2) is 45.6 Å². The third-order valence-corrected chi connectivity index (χ3v) is 3.58. The number of carbonyl (C=O) groups excluding carboxylic acids is 1. The zero-order chi connectivity index (χ0) is 13.1. The molecule has 1 amide bonds. The van der Waals surface area contributed by atoms with Gasteiger partial charge in [-0.1, -0.05) is 22.0 Å². The molecule has 2 rings (SSSR count). The Morgan fingerprint density at radius 2 is 2.06 bits per heavy atom. The predicted octanol–water partition coefficient (Wildman–Crippen LogP) is 4.17. The Hall–Kier alpha value is -1.20. The quantitative estimate of drug-likeness (QED) is 0.807. The maximum atomic E-state index is 12.2. The minimum Gasteiger partial charge on any atom is -0.320 e. The Kier molecular flexibility index (Phi) is 4.14. The second-order valence-electron chi connectivity index (χ2n) is 3.76. The summed E-state index contributed by atoms with van der Waals surface area (Å²) in [7, 11) is 0. The maximum absolute atomic E-state index is 12.2. The standard InChI is InChI=1S/C13H10Br2N2O/c1-8-4-5-9(14)7-10(8)13(18)17-11-3-2-6-16-12(11)15/h2-7H,1H3,(H,17,18). The van der Waals surface area contributed by atoms with E-state index in [4.69, 9.17) is 0 Å². The summed E-state index contributed by atoms with van der Waals surface area (Å²) in [5, 5.41) is 2.83. The fraction of sp³-hybridized carbons (Fsp3) is 0.0769. The molecule has 3 nitrogen and oxygen atoms in total. The molecule has 0 atom stereocenters. The number of pyridine rings is 1. The molecule has 1 aromatic carbocycles. The van der Waals surface area contributed by atoms with Gasteiger partial charge in [0.2, 0.25) is 0 Å². The van der Waals surface area contributed by atoms with Crippen molar-refractivity contribution in [2.24, 2.45) is 0 Å². The van der Waals surface area contributed by atoms with Crippen LogP contribution in [0, 0.1) is 6.92 Å². The molecule has 0 aliphatic carbocycles. The lowest BCUT2D eigenvalue weighted by atomic mass is 10.1. The minimum absolute atomic E-state index is 0.150. The summed E-state index contributed by atoms with van der Waals surface area (Å²) in [6, 6.07) is 9.18. The van der Waals surface area contributed by atoms with Crippen LogP contribution in [0.25, 0.3) is 0 Å². The second-order valence-corrected chi connectivity index (χ2v) is 5.42. The Balaban J connectivity index is 2.28. The largest absolute Gasteiger partial charge is 0.320 e. The zero-order valence-corrected chi connectivity index (χ0v) is 12.7. The van der Waals surface area contributed by atoms with Gasteiger partial charge in [-0.3, -0.25) is 4.79 Å². The van der Waals surface area contributed by atoms with Crippen molar-refractivity contribution in [3.8, 4) is 0 Å². The molecule has 2 aromatic rings. The highest BCUT2D eigenvalue weighted by Crippen LogP contribution is 2.21. The number of aryl methyl sites for hydroxylation is 1. The Labute approximate surface area is 122 Å². The lowest BCUT2D eigenvalue weighted by Gasteiger charge is -2.09. The summed E-state index contributed by atoms with van der Waals surface area (Å²) in [5.74, 6) is -0.150. The van der Waals surface area contributed by atoms with Gasteiger partial charge in [0.25, 0.3) is 5.91 Å². The number of nitrogens with zero attached hydrogens (tertiary/aromatic N) is 1. The molecule has 92 valence electrons. The molecule has 0 saturated heterocycles. The highest BCUT2D eigenvalue weighted by molar-refractivity contribution is 9.10. The average Bonchev–Trinajstić information content (AvgIpc) is 2.35. The summed E-state index contributed by atoms with van der Waals surface area (Å²) < 4.78 is 1.49. The fourth-order valence-corrected chi connectivity index (χ4v) is 2.22. The molecular weight excluding hydrogens is 360 g/mol. The van der Waals surface area contributed by atoms with Crippen LogP contribution in [0.3, 0.4) is 0 Å². The zero-order valence-electron chi connectivity index (χ0n) is 9.58. The Morgan fingerprint density at radius 1 is 1.28 bits per heavy atom. The molecule has 5 heteroatoms. The molecule has 0 unspecified atom stereocenters. The van der Waals surface area contributed by atoms with Crippen LogP contribution < -0.4 is 5.32 Å². The number of hydrogen-bond donors (Lipinski definition) is 1. The fourth-order valence-electron chi connectivity index (χ4n) is 1.51. The van der Waals surface area contributed by atoms with Crippen molar-refractivity contribution < 1.29 is 4.79 Å². The summed E-state index contributed by atoms with van der Waals surface area (Å²) in [5.41, 5.74) is 2.22. The lowest BCUT2D eigenvalue weighted by molar-refractivity contribution is 0.102. The van der Waals surface area contributed by atoms with Gasteiger partial charge >= 0.3 is 0 Å². The molecule has 0 aliphatic heterocycles. The summed E-state index contributed by atoms with van der Waals surface area (Å²) in [6.07, 6.45) is 1.66. The van der Waals surface area contributed by atoms with Crippen molar-refractivity contribution >= 4 is 43.5 Å². The van der Waals surface area contributed by atoms with Crippen LogP contribution in [0.2, 0.25) is 0 Å². The van der Waals surface area contributed by atoms with Crippen molar-refractivity contribution in [2.75, 3.05) is 5.32 Å². The molecule has 0 radical (unpaired) electrons. The van der Waals surface area contributed by atoms with Gasteiger partial charge in [0.05, 0.1) is 5.69 Å². The van der Waals surface area contributed by atoms with E-state index < -0.39 is 0 Å². The summed E-state index contributed by atoms with van der Waals surface area (Å²) in [4.78, 5) is 16.2.